The van der Waals surface area contributed by atoms with Crippen LogP contribution in [0.1, 0.15) is 20.8 Å². The van der Waals surface area contributed by atoms with E-state index >= 15 is 0 Å². The molecule has 0 saturated carbocycles. The van der Waals surface area contributed by atoms with Gasteiger partial charge in [0.15, 0.2) is 0 Å². The van der Waals surface area contributed by atoms with E-state index in [2.05, 4.69) is 15.2 Å². The van der Waals surface area contributed by atoms with Gasteiger partial charge in [-0.05, 0) is 54.1 Å². The standard InChI is InChI=1S/C22H23ClN4O3S2/c23-19-3-1-18(2-4-19)22(28)25-15-20-5-6-21(31-20)32(29,30)27-13-11-26(12-14-27)16-17-7-9-24-10-8-17/h1-10H,11-16H2,(H,25,28). The minimum absolute atomic E-state index is 0.232. The molecule has 10 heteroatoms. The first kappa shape index (κ1) is 22.9. The highest BCUT2D eigenvalue weighted by atomic mass is 35.5. The van der Waals surface area contributed by atoms with Crippen molar-refractivity contribution in [2.24, 2.45) is 0 Å². The van der Waals surface area contributed by atoms with Crippen molar-refractivity contribution < 1.29 is 13.2 Å². The molecular formula is C22H23ClN4O3S2. The number of hydrogen-bond donors (Lipinski definition) is 1. The second-order valence-corrected chi connectivity index (χ2v) is 11.2. The lowest BCUT2D eigenvalue weighted by Gasteiger charge is -2.33. The van der Waals surface area contributed by atoms with Gasteiger partial charge in [0, 0.05) is 60.6 Å². The molecule has 0 radical (unpaired) electrons. The third-order valence-electron chi connectivity index (χ3n) is 5.25. The number of hydrogen-bond acceptors (Lipinski definition) is 6. The van der Waals surface area contributed by atoms with Gasteiger partial charge in [-0.25, -0.2) is 8.42 Å². The zero-order valence-corrected chi connectivity index (χ0v) is 19.7. The van der Waals surface area contributed by atoms with Crippen molar-refractivity contribution in [2.45, 2.75) is 17.3 Å². The fourth-order valence-corrected chi connectivity index (χ4v) is 6.46. The average Bonchev–Trinajstić information content (AvgIpc) is 3.29. The van der Waals surface area contributed by atoms with Crippen LogP contribution in [0.4, 0.5) is 0 Å². The number of nitrogens with zero attached hydrogens (tertiary/aromatic N) is 3. The Hall–Kier alpha value is -2.30. The van der Waals surface area contributed by atoms with Crippen molar-refractivity contribution in [3.05, 3.63) is 82.0 Å². The number of pyridine rings is 1. The number of carbonyl (C=O) groups is 1. The van der Waals surface area contributed by atoms with Crippen LogP contribution in [0.5, 0.6) is 0 Å². The van der Waals surface area contributed by atoms with Crippen LogP contribution < -0.4 is 5.32 Å². The van der Waals surface area contributed by atoms with Crippen LogP contribution in [0, 0.1) is 0 Å². The van der Waals surface area contributed by atoms with E-state index in [1.54, 1.807) is 48.8 Å². The van der Waals surface area contributed by atoms with E-state index in [-0.39, 0.29) is 12.5 Å². The number of halogens is 1. The topological polar surface area (TPSA) is 82.6 Å². The molecule has 0 aliphatic carbocycles. The molecule has 0 spiro atoms. The Morgan fingerprint density at radius 1 is 1.00 bits per heavy atom. The molecule has 3 heterocycles. The van der Waals surface area contributed by atoms with E-state index in [1.165, 1.54) is 21.2 Å². The molecule has 2 aromatic heterocycles. The zero-order chi connectivity index (χ0) is 22.6. The van der Waals surface area contributed by atoms with Crippen LogP contribution in [0.15, 0.2) is 65.1 Å². The molecule has 1 N–H and O–H groups in total. The number of carbonyl (C=O) groups excluding carboxylic acids is 1. The summed E-state index contributed by atoms with van der Waals surface area (Å²) in [6.07, 6.45) is 3.53. The minimum atomic E-state index is -3.55. The Kier molecular flexibility index (Phi) is 7.22. The van der Waals surface area contributed by atoms with Crippen LogP contribution in [-0.2, 0) is 23.1 Å². The zero-order valence-electron chi connectivity index (χ0n) is 17.3. The fourth-order valence-electron chi connectivity index (χ4n) is 3.46. The molecule has 7 nitrogen and oxygen atoms in total. The lowest BCUT2D eigenvalue weighted by molar-refractivity contribution is 0.0951. The van der Waals surface area contributed by atoms with E-state index in [9.17, 15) is 13.2 Å². The van der Waals surface area contributed by atoms with Crippen LogP contribution >= 0.6 is 22.9 Å². The van der Waals surface area contributed by atoms with E-state index in [4.69, 9.17) is 11.6 Å². The molecule has 0 bridgehead atoms. The molecule has 168 valence electrons. The summed E-state index contributed by atoms with van der Waals surface area (Å²) in [5, 5.41) is 3.38. The fraction of sp³-hybridized carbons (Fsp3) is 0.273. The summed E-state index contributed by atoms with van der Waals surface area (Å²) < 4.78 is 28.0. The molecule has 1 amide bonds. The highest BCUT2D eigenvalue weighted by Crippen LogP contribution is 2.26. The second kappa shape index (κ2) is 10.1. The molecule has 1 aromatic carbocycles. The predicted octanol–water partition coefficient (Wildman–Crippen LogP) is 3.23. The van der Waals surface area contributed by atoms with Crippen LogP contribution in [-0.4, -0.2) is 54.7 Å². The van der Waals surface area contributed by atoms with Gasteiger partial charge in [-0.15, -0.1) is 11.3 Å². The first-order valence-electron chi connectivity index (χ1n) is 10.2. The van der Waals surface area contributed by atoms with Crippen LogP contribution in [0.2, 0.25) is 5.02 Å². The molecule has 4 rings (SSSR count). The maximum atomic E-state index is 13.1. The molecular weight excluding hydrogens is 468 g/mol. The van der Waals surface area contributed by atoms with Gasteiger partial charge in [-0.3, -0.25) is 14.7 Å². The van der Waals surface area contributed by atoms with Crippen molar-refractivity contribution in [2.75, 3.05) is 26.2 Å². The highest BCUT2D eigenvalue weighted by molar-refractivity contribution is 7.91. The van der Waals surface area contributed by atoms with Gasteiger partial charge >= 0.3 is 0 Å². The summed E-state index contributed by atoms with van der Waals surface area (Å²) in [7, 11) is -3.55. The number of benzene rings is 1. The summed E-state index contributed by atoms with van der Waals surface area (Å²) in [5.74, 6) is -0.232. The number of nitrogens with one attached hydrogen (secondary N) is 1. The maximum absolute atomic E-state index is 13.1. The SMILES string of the molecule is O=C(NCc1ccc(S(=O)(=O)N2CCN(Cc3ccncc3)CC2)s1)c1ccc(Cl)cc1. The molecule has 1 aliphatic rings. The molecule has 1 fully saturated rings. The van der Waals surface area contributed by atoms with E-state index in [0.717, 1.165) is 11.4 Å². The van der Waals surface area contributed by atoms with E-state index in [0.29, 0.717) is 41.0 Å². The lowest BCUT2D eigenvalue weighted by atomic mass is 10.2. The average molecular weight is 491 g/mol. The van der Waals surface area contributed by atoms with Gasteiger partial charge in [-0.2, -0.15) is 4.31 Å². The second-order valence-electron chi connectivity index (χ2n) is 7.45. The van der Waals surface area contributed by atoms with Gasteiger partial charge in [0.1, 0.15) is 4.21 Å². The number of rotatable bonds is 7. The van der Waals surface area contributed by atoms with Crippen molar-refractivity contribution in [3.63, 3.8) is 0 Å². The molecule has 1 saturated heterocycles. The molecule has 0 atom stereocenters. The molecule has 0 unspecified atom stereocenters. The van der Waals surface area contributed by atoms with Crippen molar-refractivity contribution in [1.82, 2.24) is 19.5 Å². The van der Waals surface area contributed by atoms with Gasteiger partial charge in [0.25, 0.3) is 15.9 Å². The number of aromatic nitrogens is 1. The Labute approximate surface area is 196 Å². The maximum Gasteiger partial charge on any atom is 0.252 e. The predicted molar refractivity (Wildman–Crippen MR) is 125 cm³/mol. The van der Waals surface area contributed by atoms with Crippen molar-refractivity contribution in [1.29, 1.82) is 0 Å². The lowest BCUT2D eigenvalue weighted by Crippen LogP contribution is -2.48. The Balaban J connectivity index is 1.32. The van der Waals surface area contributed by atoms with Gasteiger partial charge in [-0.1, -0.05) is 11.6 Å². The number of sulfonamides is 1. The largest absolute Gasteiger partial charge is 0.347 e. The third-order valence-corrected chi connectivity index (χ3v) is 8.95. The Bertz CT molecular complexity index is 1160. The Morgan fingerprint density at radius 3 is 2.38 bits per heavy atom. The molecule has 1 aliphatic heterocycles. The summed E-state index contributed by atoms with van der Waals surface area (Å²) >= 11 is 7.04. The highest BCUT2D eigenvalue weighted by Gasteiger charge is 2.29. The number of thiophene rings is 1. The third kappa shape index (κ3) is 5.54. The van der Waals surface area contributed by atoms with Gasteiger partial charge < -0.3 is 5.32 Å². The van der Waals surface area contributed by atoms with Gasteiger partial charge in [0.2, 0.25) is 0 Å². The van der Waals surface area contributed by atoms with Crippen LogP contribution in [0.25, 0.3) is 0 Å². The summed E-state index contributed by atoms with van der Waals surface area (Å²) in [4.78, 5) is 19.3. The van der Waals surface area contributed by atoms with E-state index in [1.807, 2.05) is 12.1 Å². The Morgan fingerprint density at radius 2 is 1.69 bits per heavy atom. The molecule has 3 aromatic rings. The summed E-state index contributed by atoms with van der Waals surface area (Å²) in [6, 6.07) is 13.9. The monoisotopic (exact) mass is 490 g/mol. The van der Waals surface area contributed by atoms with E-state index < -0.39 is 10.0 Å². The first-order chi connectivity index (χ1) is 15.4. The smallest absolute Gasteiger partial charge is 0.252 e. The van der Waals surface area contributed by atoms with Crippen molar-refractivity contribution in [3.8, 4) is 0 Å². The summed E-state index contributed by atoms with van der Waals surface area (Å²) in [6.45, 7) is 3.31. The van der Waals surface area contributed by atoms with Crippen LogP contribution in [0.3, 0.4) is 0 Å². The normalized spacial score (nSPS) is 15.5. The first-order valence-corrected chi connectivity index (χ1v) is 12.8. The number of piperazine rings is 1. The summed E-state index contributed by atoms with van der Waals surface area (Å²) in [5.41, 5.74) is 1.67. The quantitative estimate of drug-likeness (QED) is 0.549. The molecule has 32 heavy (non-hydrogen) atoms. The number of amides is 1. The minimum Gasteiger partial charge on any atom is -0.347 e. The van der Waals surface area contributed by atoms with Gasteiger partial charge in [0.05, 0.1) is 6.54 Å². The van der Waals surface area contributed by atoms with Crippen molar-refractivity contribution >= 4 is 38.9 Å².